The molecule has 0 saturated heterocycles. The minimum absolute atomic E-state index is 0.0926. The Labute approximate surface area is 166 Å². The van der Waals surface area contributed by atoms with Gasteiger partial charge in [-0.1, -0.05) is 31.1 Å². The van der Waals surface area contributed by atoms with E-state index >= 15 is 0 Å². The van der Waals surface area contributed by atoms with Crippen LogP contribution in [0.2, 0.25) is 0 Å². The Kier molecular flexibility index (Phi) is 6.09. The van der Waals surface area contributed by atoms with Crippen LogP contribution in [0, 0.1) is 11.3 Å². The van der Waals surface area contributed by atoms with Crippen LogP contribution in [-0.4, -0.2) is 17.8 Å². The van der Waals surface area contributed by atoms with Crippen LogP contribution >= 0.6 is 0 Å². The fraction of sp³-hybridized carbons (Fsp3) is 0.458. The van der Waals surface area contributed by atoms with E-state index in [0.29, 0.717) is 23.9 Å². The number of fused-ring (bicyclic) bond motifs is 1. The number of allylic oxidation sites excluding steroid dienone is 2. The van der Waals surface area contributed by atoms with Crippen molar-refractivity contribution in [3.8, 4) is 5.75 Å². The van der Waals surface area contributed by atoms with E-state index in [2.05, 4.69) is 39.8 Å². The molecule has 0 bridgehead atoms. The first-order chi connectivity index (χ1) is 13.3. The molecule has 1 N–H and O–H groups in total. The molecule has 0 radical (unpaired) electrons. The number of aliphatic hydroxyl groups is 1. The smallest absolute Gasteiger partial charge is 0.336 e. The van der Waals surface area contributed by atoms with Gasteiger partial charge < -0.3 is 14.3 Å². The molecular formula is C24H30O4. The summed E-state index contributed by atoms with van der Waals surface area (Å²) in [7, 11) is 0. The van der Waals surface area contributed by atoms with E-state index in [1.807, 2.05) is 12.1 Å². The second-order valence-electron chi connectivity index (χ2n) is 8.43. The van der Waals surface area contributed by atoms with Crippen LogP contribution in [0.15, 0.2) is 62.8 Å². The highest BCUT2D eigenvalue weighted by Crippen LogP contribution is 2.43. The molecular weight excluding hydrogens is 352 g/mol. The predicted molar refractivity (Wildman–Crippen MR) is 113 cm³/mol. The van der Waals surface area contributed by atoms with Crippen LogP contribution in [0.25, 0.3) is 11.0 Å². The van der Waals surface area contributed by atoms with Gasteiger partial charge in [0.1, 0.15) is 17.9 Å². The third-order valence-corrected chi connectivity index (χ3v) is 6.07. The fourth-order valence-electron chi connectivity index (χ4n) is 4.05. The van der Waals surface area contributed by atoms with Gasteiger partial charge in [0.15, 0.2) is 0 Å². The van der Waals surface area contributed by atoms with Crippen molar-refractivity contribution in [1.29, 1.82) is 0 Å². The highest BCUT2D eigenvalue weighted by molar-refractivity contribution is 5.77. The normalized spacial score (nSPS) is 22.2. The van der Waals surface area contributed by atoms with Gasteiger partial charge in [0.05, 0.1) is 6.10 Å². The first-order valence-electron chi connectivity index (χ1n) is 9.94. The van der Waals surface area contributed by atoms with Crippen LogP contribution < -0.4 is 10.4 Å². The number of hydrogen-bond donors (Lipinski definition) is 1. The second-order valence-corrected chi connectivity index (χ2v) is 8.43. The van der Waals surface area contributed by atoms with Gasteiger partial charge in [-0.2, -0.15) is 0 Å². The Bertz CT molecular complexity index is 948. The summed E-state index contributed by atoms with van der Waals surface area (Å²) in [6.45, 7) is 9.10. The van der Waals surface area contributed by atoms with Crippen molar-refractivity contribution >= 4 is 11.0 Å². The minimum Gasteiger partial charge on any atom is -0.489 e. The molecule has 4 nitrogen and oxygen atoms in total. The van der Waals surface area contributed by atoms with Crippen molar-refractivity contribution in [2.75, 3.05) is 6.61 Å². The number of aliphatic hydroxyl groups excluding tert-OH is 1. The topological polar surface area (TPSA) is 59.7 Å². The molecule has 0 aliphatic heterocycles. The van der Waals surface area contributed by atoms with Crippen LogP contribution in [0.4, 0.5) is 0 Å². The lowest BCUT2D eigenvalue weighted by Crippen LogP contribution is -2.39. The Balaban J connectivity index is 1.57. The number of rotatable bonds is 6. The number of benzene rings is 1. The molecule has 0 fully saturated rings. The Morgan fingerprint density at radius 3 is 2.86 bits per heavy atom. The lowest BCUT2D eigenvalue weighted by molar-refractivity contribution is 0.00848. The molecule has 1 aliphatic rings. The van der Waals surface area contributed by atoms with E-state index in [9.17, 15) is 9.90 Å². The highest BCUT2D eigenvalue weighted by Gasteiger charge is 2.38. The second kappa shape index (κ2) is 8.36. The third kappa shape index (κ3) is 4.56. The summed E-state index contributed by atoms with van der Waals surface area (Å²) >= 11 is 0. The SMILES string of the molecule is CC(=CCOc1ccc2ccc(=O)oc2c1)CC[C@H]1C(C)=CC[C@H](O)C1(C)C. The van der Waals surface area contributed by atoms with Crippen molar-refractivity contribution in [1.82, 2.24) is 0 Å². The molecule has 1 aliphatic carbocycles. The van der Waals surface area contributed by atoms with Crippen LogP contribution in [-0.2, 0) is 0 Å². The van der Waals surface area contributed by atoms with E-state index in [1.54, 1.807) is 12.1 Å². The number of hydrogen-bond acceptors (Lipinski definition) is 4. The van der Waals surface area contributed by atoms with Crippen molar-refractivity contribution in [3.63, 3.8) is 0 Å². The maximum Gasteiger partial charge on any atom is 0.336 e. The summed E-state index contributed by atoms with van der Waals surface area (Å²) in [6, 6.07) is 8.68. The molecule has 0 saturated carbocycles. The van der Waals surface area contributed by atoms with Gasteiger partial charge in [0.25, 0.3) is 0 Å². The summed E-state index contributed by atoms with van der Waals surface area (Å²) in [4.78, 5) is 11.4. The third-order valence-electron chi connectivity index (χ3n) is 6.07. The summed E-state index contributed by atoms with van der Waals surface area (Å²) in [6.07, 6.45) is 6.75. The lowest BCUT2D eigenvalue weighted by Gasteiger charge is -2.42. The Morgan fingerprint density at radius 1 is 1.32 bits per heavy atom. The Hall–Kier alpha value is -2.33. The molecule has 0 amide bonds. The molecule has 4 heteroatoms. The maximum absolute atomic E-state index is 11.4. The molecule has 0 unspecified atom stereocenters. The van der Waals surface area contributed by atoms with Crippen molar-refractivity contribution in [2.24, 2.45) is 11.3 Å². The maximum atomic E-state index is 11.4. The lowest BCUT2D eigenvalue weighted by atomic mass is 9.65. The quantitative estimate of drug-likeness (QED) is 0.547. The summed E-state index contributed by atoms with van der Waals surface area (Å²) < 4.78 is 11.0. The molecule has 1 aromatic heterocycles. The van der Waals surface area contributed by atoms with E-state index in [0.717, 1.165) is 24.6 Å². The van der Waals surface area contributed by atoms with E-state index < -0.39 is 0 Å². The molecule has 1 aromatic carbocycles. The molecule has 2 atom stereocenters. The predicted octanol–water partition coefficient (Wildman–Crippen LogP) is 5.25. The zero-order chi connectivity index (χ0) is 20.3. The standard InChI is InChI=1S/C24H30O4/c1-16(5-10-20-17(2)6-11-22(25)24(20,3)4)13-14-27-19-9-7-18-8-12-23(26)28-21(18)15-19/h6-9,12-13,15,20,22,25H,5,10-11,14H2,1-4H3/t20-,22-/m0/s1. The molecule has 3 rings (SSSR count). The first kappa shape index (κ1) is 20.4. The zero-order valence-corrected chi connectivity index (χ0v) is 17.2. The summed E-state index contributed by atoms with van der Waals surface area (Å²) in [5.41, 5.74) is 2.74. The minimum atomic E-state index is -0.361. The molecule has 28 heavy (non-hydrogen) atoms. The molecule has 2 aromatic rings. The van der Waals surface area contributed by atoms with E-state index in [1.165, 1.54) is 17.2 Å². The van der Waals surface area contributed by atoms with Gasteiger partial charge in [0.2, 0.25) is 0 Å². The average molecular weight is 383 g/mol. The monoisotopic (exact) mass is 382 g/mol. The van der Waals surface area contributed by atoms with Gasteiger partial charge in [0, 0.05) is 17.5 Å². The fourth-order valence-corrected chi connectivity index (χ4v) is 4.05. The van der Waals surface area contributed by atoms with Gasteiger partial charge >= 0.3 is 5.63 Å². The van der Waals surface area contributed by atoms with Crippen LogP contribution in [0.3, 0.4) is 0 Å². The molecule has 150 valence electrons. The van der Waals surface area contributed by atoms with E-state index in [4.69, 9.17) is 9.15 Å². The molecule has 1 heterocycles. The van der Waals surface area contributed by atoms with Crippen molar-refractivity contribution in [2.45, 2.75) is 53.1 Å². The zero-order valence-electron chi connectivity index (χ0n) is 17.2. The van der Waals surface area contributed by atoms with E-state index in [-0.39, 0.29) is 17.1 Å². The summed E-state index contributed by atoms with van der Waals surface area (Å²) in [5.74, 6) is 1.07. The van der Waals surface area contributed by atoms with Gasteiger partial charge in [-0.3, -0.25) is 0 Å². The van der Waals surface area contributed by atoms with Crippen LogP contribution in [0.5, 0.6) is 5.75 Å². The average Bonchev–Trinajstić information content (AvgIpc) is 2.64. The molecule has 0 spiro atoms. The van der Waals surface area contributed by atoms with Gasteiger partial charge in [-0.05, 0) is 68.7 Å². The first-order valence-corrected chi connectivity index (χ1v) is 9.94. The largest absolute Gasteiger partial charge is 0.489 e. The highest BCUT2D eigenvalue weighted by atomic mass is 16.5. The van der Waals surface area contributed by atoms with Crippen LogP contribution in [0.1, 0.15) is 47.0 Å². The van der Waals surface area contributed by atoms with Crippen molar-refractivity contribution < 1.29 is 14.3 Å². The van der Waals surface area contributed by atoms with Gasteiger partial charge in [-0.25, -0.2) is 4.79 Å². The summed E-state index contributed by atoms with van der Waals surface area (Å²) in [5, 5.41) is 11.2. The van der Waals surface area contributed by atoms with Gasteiger partial charge in [-0.15, -0.1) is 0 Å². The Morgan fingerprint density at radius 2 is 2.07 bits per heavy atom. The number of ether oxygens (including phenoxy) is 1. The van der Waals surface area contributed by atoms with Crippen molar-refractivity contribution in [3.05, 3.63) is 64.1 Å².